The van der Waals surface area contributed by atoms with E-state index in [2.05, 4.69) is 10.3 Å². The Balaban J connectivity index is 2.42. The smallest absolute Gasteiger partial charge is 0.328 e. The van der Waals surface area contributed by atoms with Crippen molar-refractivity contribution in [3.8, 4) is 0 Å². The number of H-pyrrole nitrogens is 1. The van der Waals surface area contributed by atoms with Gasteiger partial charge in [0.1, 0.15) is 0 Å². The van der Waals surface area contributed by atoms with Crippen LogP contribution in [0.25, 0.3) is 6.08 Å². The van der Waals surface area contributed by atoms with Gasteiger partial charge in [-0.15, -0.1) is 0 Å². The average Bonchev–Trinajstić information content (AvgIpc) is 2.45. The zero-order valence-electron chi connectivity index (χ0n) is 12.2. The zero-order chi connectivity index (χ0) is 15.7. The van der Waals surface area contributed by atoms with Gasteiger partial charge in [-0.25, -0.2) is 4.79 Å². The number of hydrogen-bond donors (Lipinski definition) is 3. The number of carbonyl (C=O) groups is 1. The molecule has 1 rings (SSSR count). The van der Waals surface area contributed by atoms with E-state index in [0.717, 1.165) is 25.7 Å². The quantitative estimate of drug-likeness (QED) is 0.452. The molecule has 21 heavy (non-hydrogen) atoms. The SMILES string of the molecule is Cn1cc(/C=C/C(=O)NCCCCCCN)c(=O)[nH]c1=O. The van der Waals surface area contributed by atoms with Crippen molar-refractivity contribution in [2.45, 2.75) is 25.7 Å². The first-order valence-electron chi connectivity index (χ1n) is 7.00. The number of carbonyl (C=O) groups excluding carboxylic acids is 1. The molecular formula is C14H22N4O3. The summed E-state index contributed by atoms with van der Waals surface area (Å²) in [5, 5.41) is 2.74. The third kappa shape index (κ3) is 6.22. The van der Waals surface area contributed by atoms with Gasteiger partial charge in [0.05, 0.1) is 5.56 Å². The summed E-state index contributed by atoms with van der Waals surface area (Å²) in [5.74, 6) is -0.262. The molecule has 116 valence electrons. The van der Waals surface area contributed by atoms with E-state index >= 15 is 0 Å². The van der Waals surface area contributed by atoms with Crippen molar-refractivity contribution < 1.29 is 4.79 Å². The third-order valence-corrected chi connectivity index (χ3v) is 2.98. The van der Waals surface area contributed by atoms with Crippen molar-refractivity contribution in [3.63, 3.8) is 0 Å². The molecule has 0 aliphatic heterocycles. The summed E-state index contributed by atoms with van der Waals surface area (Å²) in [7, 11) is 1.52. The van der Waals surface area contributed by atoms with E-state index < -0.39 is 11.2 Å². The first-order chi connectivity index (χ1) is 10.0. The molecule has 1 amide bonds. The van der Waals surface area contributed by atoms with Crippen LogP contribution in [0, 0.1) is 0 Å². The van der Waals surface area contributed by atoms with E-state index in [1.54, 1.807) is 0 Å². The molecule has 0 aromatic carbocycles. The number of nitrogens with one attached hydrogen (secondary N) is 2. The number of aromatic nitrogens is 2. The number of aryl methyl sites for hydroxylation is 1. The Morgan fingerprint density at radius 2 is 2.05 bits per heavy atom. The van der Waals surface area contributed by atoms with Gasteiger partial charge >= 0.3 is 5.69 Å². The van der Waals surface area contributed by atoms with Gasteiger partial charge in [0.15, 0.2) is 0 Å². The summed E-state index contributed by atoms with van der Waals surface area (Å²) in [4.78, 5) is 36.4. The second-order valence-corrected chi connectivity index (χ2v) is 4.78. The minimum atomic E-state index is -0.510. The van der Waals surface area contributed by atoms with Crippen LogP contribution < -0.4 is 22.3 Å². The van der Waals surface area contributed by atoms with Crippen molar-refractivity contribution in [1.82, 2.24) is 14.9 Å². The van der Waals surface area contributed by atoms with E-state index in [4.69, 9.17) is 5.73 Å². The average molecular weight is 294 g/mol. The molecule has 0 spiro atoms. The number of rotatable bonds is 8. The van der Waals surface area contributed by atoms with Crippen LogP contribution in [0.3, 0.4) is 0 Å². The van der Waals surface area contributed by atoms with Crippen LogP contribution in [-0.4, -0.2) is 28.5 Å². The molecule has 0 saturated carbocycles. The lowest BCUT2D eigenvalue weighted by atomic mass is 10.2. The number of amides is 1. The van der Waals surface area contributed by atoms with Crippen molar-refractivity contribution >= 4 is 12.0 Å². The highest BCUT2D eigenvalue weighted by Crippen LogP contribution is 1.97. The van der Waals surface area contributed by atoms with E-state index in [0.29, 0.717) is 13.1 Å². The van der Waals surface area contributed by atoms with Crippen molar-refractivity contribution in [1.29, 1.82) is 0 Å². The normalized spacial score (nSPS) is 11.0. The lowest BCUT2D eigenvalue weighted by Gasteiger charge is -2.02. The topological polar surface area (TPSA) is 110 Å². The van der Waals surface area contributed by atoms with Crippen LogP contribution >= 0.6 is 0 Å². The Morgan fingerprint density at radius 1 is 1.33 bits per heavy atom. The molecule has 1 aromatic rings. The van der Waals surface area contributed by atoms with E-state index in [-0.39, 0.29) is 11.5 Å². The largest absolute Gasteiger partial charge is 0.353 e. The molecular weight excluding hydrogens is 272 g/mol. The second-order valence-electron chi connectivity index (χ2n) is 4.78. The summed E-state index contributed by atoms with van der Waals surface area (Å²) in [6.07, 6.45) is 8.06. The van der Waals surface area contributed by atoms with Crippen LogP contribution in [0.4, 0.5) is 0 Å². The molecule has 0 atom stereocenters. The number of unbranched alkanes of at least 4 members (excludes halogenated alkanes) is 3. The summed E-state index contributed by atoms with van der Waals surface area (Å²) >= 11 is 0. The van der Waals surface area contributed by atoms with Crippen LogP contribution in [0.15, 0.2) is 21.9 Å². The molecule has 0 aliphatic carbocycles. The first kappa shape index (κ1) is 16.9. The fraction of sp³-hybridized carbons (Fsp3) is 0.500. The van der Waals surface area contributed by atoms with Crippen LogP contribution in [0.2, 0.25) is 0 Å². The molecule has 7 nitrogen and oxygen atoms in total. The van der Waals surface area contributed by atoms with Gasteiger partial charge in [0, 0.05) is 25.9 Å². The molecule has 0 bridgehead atoms. The fourth-order valence-corrected chi connectivity index (χ4v) is 1.76. The Kier molecular flexibility index (Phi) is 7.17. The van der Waals surface area contributed by atoms with Crippen molar-refractivity contribution in [2.75, 3.05) is 13.1 Å². The fourth-order valence-electron chi connectivity index (χ4n) is 1.76. The molecule has 0 fully saturated rings. The Bertz CT molecular complexity index is 601. The summed E-state index contributed by atoms with van der Waals surface area (Å²) in [6.45, 7) is 1.29. The zero-order valence-corrected chi connectivity index (χ0v) is 12.2. The molecule has 0 saturated heterocycles. The number of nitrogens with zero attached hydrogens (tertiary/aromatic N) is 1. The minimum absolute atomic E-state index is 0.259. The summed E-state index contributed by atoms with van der Waals surface area (Å²) in [5.41, 5.74) is 4.65. The molecule has 1 heterocycles. The summed E-state index contributed by atoms with van der Waals surface area (Å²) in [6, 6.07) is 0. The van der Waals surface area contributed by atoms with Crippen LogP contribution in [-0.2, 0) is 11.8 Å². The molecule has 0 aliphatic rings. The van der Waals surface area contributed by atoms with Gasteiger partial charge in [-0.2, -0.15) is 0 Å². The predicted molar refractivity (Wildman–Crippen MR) is 81.9 cm³/mol. The van der Waals surface area contributed by atoms with Gasteiger partial charge in [0.25, 0.3) is 5.56 Å². The molecule has 0 radical (unpaired) electrons. The predicted octanol–water partition coefficient (Wildman–Crippen LogP) is -0.278. The highest BCUT2D eigenvalue weighted by Gasteiger charge is 2.00. The third-order valence-electron chi connectivity index (χ3n) is 2.98. The molecule has 0 unspecified atom stereocenters. The van der Waals surface area contributed by atoms with Gasteiger partial charge in [-0.05, 0) is 25.5 Å². The molecule has 7 heteroatoms. The minimum Gasteiger partial charge on any atom is -0.353 e. The lowest BCUT2D eigenvalue weighted by Crippen LogP contribution is -2.29. The lowest BCUT2D eigenvalue weighted by molar-refractivity contribution is -0.116. The number of hydrogen-bond acceptors (Lipinski definition) is 4. The van der Waals surface area contributed by atoms with Gasteiger partial charge in [-0.1, -0.05) is 12.8 Å². The van der Waals surface area contributed by atoms with Crippen LogP contribution in [0.1, 0.15) is 31.2 Å². The monoisotopic (exact) mass is 294 g/mol. The maximum atomic E-state index is 11.6. The second kappa shape index (κ2) is 8.91. The van der Waals surface area contributed by atoms with Crippen molar-refractivity contribution in [2.24, 2.45) is 12.8 Å². The van der Waals surface area contributed by atoms with E-state index in [1.807, 2.05) is 0 Å². The van der Waals surface area contributed by atoms with Gasteiger partial charge < -0.3 is 15.6 Å². The number of nitrogens with two attached hydrogens (primary N) is 1. The maximum absolute atomic E-state index is 11.6. The Labute approximate surface area is 122 Å². The van der Waals surface area contributed by atoms with Gasteiger partial charge in [-0.3, -0.25) is 14.6 Å². The standard InChI is InChI=1S/C14H22N4O3/c1-18-10-11(13(20)17-14(18)21)6-7-12(19)16-9-5-3-2-4-8-15/h6-7,10H,2-5,8-9,15H2,1H3,(H,16,19)(H,17,20,21)/b7-6+. The van der Waals surface area contributed by atoms with E-state index in [1.165, 1.54) is 30.0 Å². The van der Waals surface area contributed by atoms with Crippen molar-refractivity contribution in [3.05, 3.63) is 38.7 Å². The maximum Gasteiger partial charge on any atom is 0.328 e. The highest BCUT2D eigenvalue weighted by atomic mass is 16.2. The molecule has 1 aromatic heterocycles. The first-order valence-corrected chi connectivity index (χ1v) is 7.00. The Hall–Kier alpha value is -2.15. The Morgan fingerprint density at radius 3 is 2.76 bits per heavy atom. The highest BCUT2D eigenvalue weighted by molar-refractivity contribution is 5.91. The summed E-state index contributed by atoms with van der Waals surface area (Å²) < 4.78 is 1.25. The number of aromatic amines is 1. The molecule has 4 N–H and O–H groups in total. The van der Waals surface area contributed by atoms with E-state index in [9.17, 15) is 14.4 Å². The van der Waals surface area contributed by atoms with Gasteiger partial charge in [0.2, 0.25) is 5.91 Å². The van der Waals surface area contributed by atoms with Crippen LogP contribution in [0.5, 0.6) is 0 Å².